The molecule has 146 valence electrons. The van der Waals surface area contributed by atoms with Gasteiger partial charge in [-0.1, -0.05) is 0 Å². The Balaban J connectivity index is 1.60. The van der Waals surface area contributed by atoms with E-state index >= 15 is 0 Å². The molecule has 0 bridgehead atoms. The van der Waals surface area contributed by atoms with Gasteiger partial charge < -0.3 is 20.3 Å². The Morgan fingerprint density at radius 3 is 2.15 bits per heavy atom. The predicted molar refractivity (Wildman–Crippen MR) is 97.1 cm³/mol. The van der Waals surface area contributed by atoms with Crippen LogP contribution in [0.15, 0.2) is 24.3 Å². The third-order valence-corrected chi connectivity index (χ3v) is 5.47. The van der Waals surface area contributed by atoms with Crippen LogP contribution in [0.3, 0.4) is 0 Å². The van der Waals surface area contributed by atoms with Gasteiger partial charge in [-0.3, -0.25) is 19.7 Å². The third kappa shape index (κ3) is 3.93. The molecule has 0 spiro atoms. The highest BCUT2D eigenvalue weighted by Crippen LogP contribution is 2.32. The average Bonchev–Trinajstić information content (AvgIpc) is 2.73. The summed E-state index contributed by atoms with van der Waals surface area (Å²) < 4.78 is 5.36. The molecule has 9 nitrogen and oxygen atoms in total. The van der Waals surface area contributed by atoms with Crippen LogP contribution in [0.1, 0.15) is 23.2 Å². The van der Waals surface area contributed by atoms with Crippen molar-refractivity contribution in [3.05, 3.63) is 39.9 Å². The summed E-state index contributed by atoms with van der Waals surface area (Å²) in [5, 5.41) is 10.7. The number of hydrogen-bond donors (Lipinski definition) is 1. The summed E-state index contributed by atoms with van der Waals surface area (Å²) in [7, 11) is 0. The normalized spacial score (nSPS) is 19.6. The van der Waals surface area contributed by atoms with Crippen molar-refractivity contribution in [3.8, 4) is 0 Å². The SMILES string of the molecule is NCC1(C(=O)N2CCN(C(=O)c3ccc([N+](=O)[O-])cc3)CC2)CCOCC1. The Kier molecular flexibility index (Phi) is 5.71. The molecule has 0 saturated carbocycles. The number of hydrogen-bond acceptors (Lipinski definition) is 6. The van der Waals surface area contributed by atoms with E-state index in [1.54, 1.807) is 9.80 Å². The van der Waals surface area contributed by atoms with Crippen molar-refractivity contribution in [1.82, 2.24) is 9.80 Å². The van der Waals surface area contributed by atoms with E-state index in [1.807, 2.05) is 0 Å². The minimum absolute atomic E-state index is 0.0505. The largest absolute Gasteiger partial charge is 0.381 e. The lowest BCUT2D eigenvalue weighted by Crippen LogP contribution is -2.57. The zero-order valence-electron chi connectivity index (χ0n) is 15.1. The number of rotatable bonds is 4. The third-order valence-electron chi connectivity index (χ3n) is 5.47. The summed E-state index contributed by atoms with van der Waals surface area (Å²) in [6.07, 6.45) is 1.26. The Morgan fingerprint density at radius 1 is 1.07 bits per heavy atom. The van der Waals surface area contributed by atoms with Gasteiger partial charge in [0.15, 0.2) is 0 Å². The predicted octanol–water partition coefficient (Wildman–Crippen LogP) is 0.635. The van der Waals surface area contributed by atoms with Gasteiger partial charge in [0.2, 0.25) is 5.91 Å². The van der Waals surface area contributed by atoms with Crippen LogP contribution in [-0.4, -0.2) is 72.5 Å². The van der Waals surface area contributed by atoms with E-state index in [0.29, 0.717) is 64.3 Å². The molecule has 0 atom stereocenters. The van der Waals surface area contributed by atoms with Crippen molar-refractivity contribution in [2.75, 3.05) is 45.9 Å². The molecular formula is C18H24N4O5. The molecule has 2 N–H and O–H groups in total. The second kappa shape index (κ2) is 8.01. The number of amides is 2. The minimum Gasteiger partial charge on any atom is -0.381 e. The first kappa shape index (κ1) is 19.2. The lowest BCUT2D eigenvalue weighted by molar-refractivity contribution is -0.384. The number of carbonyl (C=O) groups excluding carboxylic acids is 2. The van der Waals surface area contributed by atoms with Gasteiger partial charge in [-0.15, -0.1) is 0 Å². The monoisotopic (exact) mass is 376 g/mol. The first-order valence-corrected chi connectivity index (χ1v) is 9.08. The van der Waals surface area contributed by atoms with E-state index in [1.165, 1.54) is 24.3 Å². The van der Waals surface area contributed by atoms with Crippen molar-refractivity contribution >= 4 is 17.5 Å². The van der Waals surface area contributed by atoms with E-state index in [4.69, 9.17) is 10.5 Å². The van der Waals surface area contributed by atoms with Gasteiger partial charge in [0.1, 0.15) is 0 Å². The molecule has 27 heavy (non-hydrogen) atoms. The minimum atomic E-state index is -0.553. The molecule has 1 aromatic rings. The van der Waals surface area contributed by atoms with Crippen molar-refractivity contribution in [2.45, 2.75) is 12.8 Å². The standard InChI is InChI=1S/C18H24N4O5/c19-13-18(5-11-27-12-6-18)17(24)21-9-7-20(8-10-21)16(23)14-1-3-15(4-2-14)22(25)26/h1-4H,5-13,19H2. The molecule has 0 radical (unpaired) electrons. The van der Waals surface area contributed by atoms with Gasteiger partial charge >= 0.3 is 0 Å². The Bertz CT molecular complexity index is 707. The van der Waals surface area contributed by atoms with Crippen LogP contribution in [0.25, 0.3) is 0 Å². The molecule has 2 amide bonds. The summed E-state index contributed by atoms with van der Waals surface area (Å²) in [5.41, 5.74) is 5.72. The van der Waals surface area contributed by atoms with Gasteiger partial charge in [0, 0.05) is 63.6 Å². The fourth-order valence-corrected chi connectivity index (χ4v) is 3.62. The smallest absolute Gasteiger partial charge is 0.269 e. The number of ether oxygens (including phenoxy) is 1. The number of piperazine rings is 1. The summed E-state index contributed by atoms with van der Waals surface area (Å²) in [4.78, 5) is 39.3. The Morgan fingerprint density at radius 2 is 1.63 bits per heavy atom. The van der Waals surface area contributed by atoms with Crippen LogP contribution < -0.4 is 5.73 Å². The van der Waals surface area contributed by atoms with E-state index in [-0.39, 0.29) is 17.5 Å². The highest BCUT2D eigenvalue weighted by Gasteiger charge is 2.42. The van der Waals surface area contributed by atoms with Crippen LogP contribution in [0.2, 0.25) is 0 Å². The Labute approximate surface area is 157 Å². The fraction of sp³-hybridized carbons (Fsp3) is 0.556. The quantitative estimate of drug-likeness (QED) is 0.608. The van der Waals surface area contributed by atoms with Crippen LogP contribution in [0.5, 0.6) is 0 Å². The summed E-state index contributed by atoms with van der Waals surface area (Å²) in [6, 6.07) is 5.57. The van der Waals surface area contributed by atoms with Gasteiger partial charge in [-0.25, -0.2) is 0 Å². The lowest BCUT2D eigenvalue weighted by Gasteiger charge is -2.42. The number of nitro benzene ring substituents is 1. The van der Waals surface area contributed by atoms with Crippen molar-refractivity contribution in [2.24, 2.45) is 11.1 Å². The zero-order chi connectivity index (χ0) is 19.4. The molecule has 2 aliphatic heterocycles. The molecule has 1 aromatic carbocycles. The van der Waals surface area contributed by atoms with Crippen molar-refractivity contribution in [3.63, 3.8) is 0 Å². The Hall–Kier alpha value is -2.52. The summed E-state index contributed by atoms with van der Waals surface area (Å²) in [6.45, 7) is 3.16. The zero-order valence-corrected chi connectivity index (χ0v) is 15.1. The second-order valence-electron chi connectivity index (χ2n) is 6.99. The van der Waals surface area contributed by atoms with E-state index in [0.717, 1.165) is 0 Å². The average molecular weight is 376 g/mol. The van der Waals surface area contributed by atoms with Gasteiger partial charge in [-0.05, 0) is 25.0 Å². The fourth-order valence-electron chi connectivity index (χ4n) is 3.62. The van der Waals surface area contributed by atoms with Gasteiger partial charge in [-0.2, -0.15) is 0 Å². The topological polar surface area (TPSA) is 119 Å². The van der Waals surface area contributed by atoms with Crippen molar-refractivity contribution < 1.29 is 19.2 Å². The maximum absolute atomic E-state index is 13.0. The molecular weight excluding hydrogens is 352 g/mol. The lowest BCUT2D eigenvalue weighted by atomic mass is 9.78. The molecule has 2 saturated heterocycles. The van der Waals surface area contributed by atoms with Gasteiger partial charge in [0.25, 0.3) is 11.6 Å². The van der Waals surface area contributed by atoms with Crippen LogP contribution >= 0.6 is 0 Å². The first-order chi connectivity index (χ1) is 13.0. The molecule has 2 heterocycles. The molecule has 3 rings (SSSR count). The van der Waals surface area contributed by atoms with E-state index in [2.05, 4.69) is 0 Å². The number of carbonyl (C=O) groups is 2. The highest BCUT2D eigenvalue weighted by molar-refractivity contribution is 5.94. The first-order valence-electron chi connectivity index (χ1n) is 9.08. The second-order valence-corrected chi connectivity index (χ2v) is 6.99. The molecule has 2 fully saturated rings. The molecule has 0 unspecified atom stereocenters. The number of nitro groups is 1. The number of benzene rings is 1. The summed E-state index contributed by atoms with van der Waals surface area (Å²) >= 11 is 0. The van der Waals surface area contributed by atoms with Crippen LogP contribution in [0.4, 0.5) is 5.69 Å². The summed E-state index contributed by atoms with van der Waals surface area (Å²) in [5.74, 6) is -0.132. The number of nitrogens with zero attached hydrogens (tertiary/aromatic N) is 3. The molecule has 9 heteroatoms. The van der Waals surface area contributed by atoms with E-state index < -0.39 is 10.3 Å². The molecule has 0 aromatic heterocycles. The highest BCUT2D eigenvalue weighted by atomic mass is 16.6. The van der Waals surface area contributed by atoms with Crippen molar-refractivity contribution in [1.29, 1.82) is 0 Å². The van der Waals surface area contributed by atoms with E-state index in [9.17, 15) is 19.7 Å². The van der Waals surface area contributed by atoms with Gasteiger partial charge in [0.05, 0.1) is 10.3 Å². The van der Waals surface area contributed by atoms with Crippen LogP contribution in [0, 0.1) is 15.5 Å². The number of non-ortho nitro benzene ring substituents is 1. The maximum Gasteiger partial charge on any atom is 0.269 e. The van der Waals surface area contributed by atoms with Crippen LogP contribution in [-0.2, 0) is 9.53 Å². The molecule has 2 aliphatic rings. The molecule has 0 aliphatic carbocycles. The maximum atomic E-state index is 13.0. The number of nitrogens with two attached hydrogens (primary N) is 1.